The molecule has 0 amide bonds. The van der Waals surface area contributed by atoms with Crippen LogP contribution in [0.2, 0.25) is 0 Å². The zero-order valence-electron chi connectivity index (χ0n) is 17.7. The number of pyridine rings is 2. The molecule has 3 rings (SSSR count). The van der Waals surface area contributed by atoms with Crippen molar-refractivity contribution in [2.75, 3.05) is 26.7 Å². The van der Waals surface area contributed by atoms with Gasteiger partial charge in [0.25, 0.3) is 0 Å². The molecular weight excluding hydrogens is 376 g/mol. The van der Waals surface area contributed by atoms with E-state index < -0.39 is 0 Å². The first-order valence-corrected chi connectivity index (χ1v) is 10.3. The van der Waals surface area contributed by atoms with Gasteiger partial charge in [0.2, 0.25) is 0 Å². The van der Waals surface area contributed by atoms with Gasteiger partial charge in [-0.3, -0.25) is 19.8 Å². The Bertz CT molecular complexity index is 890. The van der Waals surface area contributed by atoms with Crippen LogP contribution in [0, 0.1) is 0 Å². The van der Waals surface area contributed by atoms with Crippen LogP contribution in [0.25, 0.3) is 0 Å². The normalized spacial score (nSPS) is 11.2. The summed E-state index contributed by atoms with van der Waals surface area (Å²) in [5, 5.41) is 10.5. The molecular formula is C24H30N4O2. The summed E-state index contributed by atoms with van der Waals surface area (Å²) in [6, 6.07) is 17.6. The number of likely N-dealkylation sites (N-methyl/N-ethyl adjacent to an activating group) is 1. The molecule has 0 spiro atoms. The van der Waals surface area contributed by atoms with Gasteiger partial charge in [-0.05, 0) is 36.9 Å². The van der Waals surface area contributed by atoms with E-state index in [0.717, 1.165) is 43.1 Å². The average Bonchev–Trinajstić information content (AvgIpc) is 2.79. The molecule has 6 nitrogen and oxygen atoms in total. The summed E-state index contributed by atoms with van der Waals surface area (Å²) in [4.78, 5) is 13.6. The van der Waals surface area contributed by atoms with Gasteiger partial charge in [-0.25, -0.2) is 0 Å². The molecule has 0 saturated carbocycles. The maximum absolute atomic E-state index is 10.5. The van der Waals surface area contributed by atoms with Crippen LogP contribution in [0.15, 0.2) is 67.0 Å². The fraction of sp³-hybridized carbons (Fsp3) is 0.333. The van der Waals surface area contributed by atoms with E-state index in [1.165, 1.54) is 0 Å². The molecule has 0 atom stereocenters. The van der Waals surface area contributed by atoms with Gasteiger partial charge in [0.15, 0.2) is 11.5 Å². The highest BCUT2D eigenvalue weighted by Crippen LogP contribution is 2.30. The van der Waals surface area contributed by atoms with Crippen molar-refractivity contribution < 1.29 is 9.84 Å². The minimum atomic E-state index is 0.201. The van der Waals surface area contributed by atoms with E-state index in [4.69, 9.17) is 4.74 Å². The number of para-hydroxylation sites is 1. The van der Waals surface area contributed by atoms with Crippen LogP contribution in [-0.4, -0.2) is 51.6 Å². The summed E-state index contributed by atoms with van der Waals surface area (Å²) >= 11 is 0. The minimum Gasteiger partial charge on any atom is -0.504 e. The zero-order chi connectivity index (χ0) is 21.2. The first kappa shape index (κ1) is 21.7. The Kier molecular flexibility index (Phi) is 8.18. The molecule has 0 aliphatic carbocycles. The Morgan fingerprint density at radius 2 is 1.43 bits per heavy atom. The van der Waals surface area contributed by atoms with Gasteiger partial charge in [0.1, 0.15) is 0 Å². The van der Waals surface area contributed by atoms with Crippen LogP contribution in [0.4, 0.5) is 0 Å². The third kappa shape index (κ3) is 6.27. The molecule has 0 bridgehead atoms. The lowest BCUT2D eigenvalue weighted by Gasteiger charge is -2.27. The Labute approximate surface area is 178 Å². The Morgan fingerprint density at radius 1 is 0.800 bits per heavy atom. The van der Waals surface area contributed by atoms with Gasteiger partial charge in [0, 0.05) is 50.7 Å². The van der Waals surface area contributed by atoms with Crippen molar-refractivity contribution in [1.29, 1.82) is 0 Å². The number of nitrogens with zero attached hydrogens (tertiary/aromatic N) is 4. The molecule has 2 heterocycles. The predicted molar refractivity (Wildman–Crippen MR) is 118 cm³/mol. The maximum atomic E-state index is 10.5. The molecule has 0 saturated heterocycles. The first-order valence-electron chi connectivity index (χ1n) is 10.3. The summed E-state index contributed by atoms with van der Waals surface area (Å²) in [5.41, 5.74) is 2.92. The van der Waals surface area contributed by atoms with Crippen molar-refractivity contribution in [2.45, 2.75) is 26.6 Å². The van der Waals surface area contributed by atoms with E-state index in [1.807, 2.05) is 54.9 Å². The van der Waals surface area contributed by atoms with Crippen molar-refractivity contribution in [3.05, 3.63) is 83.9 Å². The van der Waals surface area contributed by atoms with Crippen molar-refractivity contribution in [3.63, 3.8) is 0 Å². The third-order valence-corrected chi connectivity index (χ3v) is 5.10. The lowest BCUT2D eigenvalue weighted by molar-refractivity contribution is 0.189. The highest BCUT2D eigenvalue weighted by atomic mass is 16.5. The Morgan fingerprint density at radius 3 is 2.00 bits per heavy atom. The second kappa shape index (κ2) is 11.3. The van der Waals surface area contributed by atoms with Crippen LogP contribution >= 0.6 is 0 Å². The molecule has 0 unspecified atom stereocenters. The fourth-order valence-corrected chi connectivity index (χ4v) is 3.39. The number of methoxy groups -OCH3 is 1. The number of phenolic OH excluding ortho intramolecular Hbond substituents is 1. The van der Waals surface area contributed by atoms with E-state index in [-0.39, 0.29) is 5.75 Å². The van der Waals surface area contributed by atoms with Gasteiger partial charge in [-0.1, -0.05) is 31.2 Å². The van der Waals surface area contributed by atoms with E-state index in [0.29, 0.717) is 18.8 Å². The molecule has 158 valence electrons. The summed E-state index contributed by atoms with van der Waals surface area (Å²) in [6.45, 7) is 6.98. The van der Waals surface area contributed by atoms with Crippen LogP contribution in [0.5, 0.6) is 11.5 Å². The predicted octanol–water partition coefficient (Wildman–Crippen LogP) is 3.72. The molecule has 0 fully saturated rings. The van der Waals surface area contributed by atoms with E-state index in [1.54, 1.807) is 13.2 Å². The van der Waals surface area contributed by atoms with Crippen LogP contribution in [-0.2, 0) is 19.6 Å². The first-order chi connectivity index (χ1) is 14.7. The molecule has 0 aliphatic heterocycles. The van der Waals surface area contributed by atoms with Crippen molar-refractivity contribution in [1.82, 2.24) is 19.8 Å². The van der Waals surface area contributed by atoms with Gasteiger partial charge in [-0.2, -0.15) is 0 Å². The second-order valence-electron chi connectivity index (χ2n) is 7.19. The molecule has 2 aromatic heterocycles. The van der Waals surface area contributed by atoms with Gasteiger partial charge in [-0.15, -0.1) is 0 Å². The molecule has 6 heteroatoms. The summed E-state index contributed by atoms with van der Waals surface area (Å²) in [6.07, 6.45) is 3.65. The largest absolute Gasteiger partial charge is 0.504 e. The summed E-state index contributed by atoms with van der Waals surface area (Å²) in [5.74, 6) is 0.697. The van der Waals surface area contributed by atoms with Crippen molar-refractivity contribution in [3.8, 4) is 11.5 Å². The molecule has 1 aromatic carbocycles. The quantitative estimate of drug-likeness (QED) is 0.524. The number of ether oxygens (including phenoxy) is 1. The SMILES string of the molecule is CCN(CCN(Cc1ccccn1)Cc1cccc(OC)c1O)Cc1ccccn1. The third-order valence-electron chi connectivity index (χ3n) is 5.10. The van der Waals surface area contributed by atoms with E-state index >= 15 is 0 Å². The number of phenols is 1. The number of rotatable bonds is 11. The monoisotopic (exact) mass is 406 g/mol. The molecule has 0 aliphatic rings. The number of aromatic hydroxyl groups is 1. The second-order valence-corrected chi connectivity index (χ2v) is 7.19. The smallest absolute Gasteiger partial charge is 0.162 e. The highest BCUT2D eigenvalue weighted by Gasteiger charge is 2.15. The minimum absolute atomic E-state index is 0.201. The molecule has 3 aromatic rings. The molecule has 1 N–H and O–H groups in total. The zero-order valence-corrected chi connectivity index (χ0v) is 17.7. The average molecular weight is 407 g/mol. The number of aromatic nitrogens is 2. The Balaban J connectivity index is 1.70. The number of hydrogen-bond donors (Lipinski definition) is 1. The number of benzene rings is 1. The summed E-state index contributed by atoms with van der Waals surface area (Å²) < 4.78 is 5.27. The molecule has 0 radical (unpaired) electrons. The fourth-order valence-electron chi connectivity index (χ4n) is 3.39. The highest BCUT2D eigenvalue weighted by molar-refractivity contribution is 5.45. The maximum Gasteiger partial charge on any atom is 0.162 e. The van der Waals surface area contributed by atoms with Gasteiger partial charge < -0.3 is 9.84 Å². The standard InChI is InChI=1S/C24H30N4O2/c1-3-27(18-21-10-4-6-13-25-21)15-16-28(19-22-11-5-7-14-26-22)17-20-9-8-12-23(30-2)24(20)29/h4-14,29H,3,15-19H2,1-2H3. The van der Waals surface area contributed by atoms with E-state index in [2.05, 4.69) is 32.8 Å². The van der Waals surface area contributed by atoms with Crippen molar-refractivity contribution >= 4 is 0 Å². The van der Waals surface area contributed by atoms with Crippen LogP contribution in [0.1, 0.15) is 23.9 Å². The van der Waals surface area contributed by atoms with Crippen LogP contribution < -0.4 is 4.74 Å². The lowest BCUT2D eigenvalue weighted by Crippen LogP contribution is -2.34. The van der Waals surface area contributed by atoms with E-state index in [9.17, 15) is 5.11 Å². The van der Waals surface area contributed by atoms with Crippen molar-refractivity contribution in [2.24, 2.45) is 0 Å². The lowest BCUT2D eigenvalue weighted by atomic mass is 10.1. The number of hydrogen-bond acceptors (Lipinski definition) is 6. The molecule has 30 heavy (non-hydrogen) atoms. The summed E-state index contributed by atoms with van der Waals surface area (Å²) in [7, 11) is 1.57. The topological polar surface area (TPSA) is 61.7 Å². The van der Waals surface area contributed by atoms with Gasteiger partial charge in [0.05, 0.1) is 18.5 Å². The van der Waals surface area contributed by atoms with Crippen LogP contribution in [0.3, 0.4) is 0 Å². The Hall–Kier alpha value is -2.96. The van der Waals surface area contributed by atoms with Gasteiger partial charge >= 0.3 is 0 Å².